The molecule has 2 N–H and O–H groups in total. The van der Waals surface area contributed by atoms with Crippen LogP contribution < -0.4 is 10.6 Å². The number of nitrogens with one attached hydrogen (secondary N) is 2. The number of aromatic nitrogens is 2. The number of hydrogen-bond acceptors (Lipinski definition) is 5. The number of para-hydroxylation sites is 2. The topological polar surface area (TPSA) is 89.2 Å². The molecule has 0 fully saturated rings. The van der Waals surface area contributed by atoms with Crippen molar-refractivity contribution in [2.45, 2.75) is 18.2 Å². The molecule has 0 bridgehead atoms. The summed E-state index contributed by atoms with van der Waals surface area (Å²) >= 11 is 1.27. The van der Waals surface area contributed by atoms with E-state index >= 15 is 0 Å². The number of allylic oxidation sites excluding steroid dienone is 1. The molecule has 3 rings (SSSR count). The van der Waals surface area contributed by atoms with E-state index in [1.54, 1.807) is 18.2 Å². The Kier molecular flexibility index (Phi) is 5.75. The summed E-state index contributed by atoms with van der Waals surface area (Å²) in [6.07, 6.45) is 3.30. The first-order chi connectivity index (χ1) is 12.7. The van der Waals surface area contributed by atoms with Crippen LogP contribution in [0.3, 0.4) is 0 Å². The fourth-order valence-electron chi connectivity index (χ4n) is 2.39. The zero-order chi connectivity index (χ0) is 18.4. The number of furan rings is 1. The highest BCUT2D eigenvalue weighted by atomic mass is 32.2. The monoisotopic (exact) mass is 370 g/mol. The summed E-state index contributed by atoms with van der Waals surface area (Å²) in [5, 5.41) is 5.55. The molecule has 0 spiro atoms. The Bertz CT molecular complexity index is 918. The minimum atomic E-state index is -0.563. The van der Waals surface area contributed by atoms with Crippen molar-refractivity contribution in [2.24, 2.45) is 0 Å². The van der Waals surface area contributed by atoms with E-state index in [0.29, 0.717) is 17.5 Å². The summed E-state index contributed by atoms with van der Waals surface area (Å²) in [5.74, 6) is 0.290. The Morgan fingerprint density at radius 3 is 2.88 bits per heavy atom. The minimum absolute atomic E-state index is 0.0780. The molecule has 0 radical (unpaired) electrons. The van der Waals surface area contributed by atoms with Gasteiger partial charge in [0.15, 0.2) is 5.16 Å². The molecule has 2 heterocycles. The number of rotatable bonds is 7. The quantitative estimate of drug-likeness (QED) is 0.493. The number of amides is 3. The average Bonchev–Trinajstić information content (AvgIpc) is 3.27. The van der Waals surface area contributed by atoms with Crippen LogP contribution >= 0.6 is 11.8 Å². The standard InChI is InChI=1S/C18H18N4O3S/c1-2-9-22-15-8-4-3-7-14(15)20-18(22)26-12-16(23)21-17(24)19-11-13-6-5-10-25-13/h2-8,10H,1,9,11-12H2,(H2,19,21,23,24). The molecule has 0 atom stereocenters. The van der Waals surface area contributed by atoms with Crippen molar-refractivity contribution in [2.75, 3.05) is 5.75 Å². The van der Waals surface area contributed by atoms with Crippen LogP contribution in [-0.4, -0.2) is 27.2 Å². The molecule has 0 unspecified atom stereocenters. The van der Waals surface area contributed by atoms with Crippen LogP contribution in [0.15, 0.2) is 64.9 Å². The Labute approximate surface area is 154 Å². The minimum Gasteiger partial charge on any atom is -0.467 e. The van der Waals surface area contributed by atoms with Gasteiger partial charge in [0, 0.05) is 6.54 Å². The highest BCUT2D eigenvalue weighted by Gasteiger charge is 2.13. The molecule has 1 aromatic carbocycles. The van der Waals surface area contributed by atoms with E-state index in [-0.39, 0.29) is 12.3 Å². The molecule has 0 aliphatic carbocycles. The third kappa shape index (κ3) is 4.34. The molecule has 3 aromatic rings. The zero-order valence-electron chi connectivity index (χ0n) is 14.0. The van der Waals surface area contributed by atoms with E-state index in [0.717, 1.165) is 11.0 Å². The fourth-order valence-corrected chi connectivity index (χ4v) is 3.21. The Balaban J connectivity index is 1.55. The molecule has 3 amide bonds. The second-order valence-corrected chi connectivity index (χ2v) is 6.32. The van der Waals surface area contributed by atoms with Gasteiger partial charge < -0.3 is 14.3 Å². The van der Waals surface area contributed by atoms with Crippen LogP contribution in [0, 0.1) is 0 Å². The second-order valence-electron chi connectivity index (χ2n) is 5.38. The highest BCUT2D eigenvalue weighted by Crippen LogP contribution is 2.23. The number of carbonyl (C=O) groups is 2. The summed E-state index contributed by atoms with van der Waals surface area (Å²) in [6, 6.07) is 10.6. The van der Waals surface area contributed by atoms with E-state index in [1.807, 2.05) is 28.8 Å². The molecular formula is C18H18N4O3S. The predicted molar refractivity (Wildman–Crippen MR) is 99.7 cm³/mol. The van der Waals surface area contributed by atoms with Crippen LogP contribution in [0.1, 0.15) is 5.76 Å². The first-order valence-corrected chi connectivity index (χ1v) is 8.95. The normalized spacial score (nSPS) is 10.6. The van der Waals surface area contributed by atoms with Gasteiger partial charge in [0.05, 0.1) is 29.6 Å². The van der Waals surface area contributed by atoms with E-state index in [9.17, 15) is 9.59 Å². The number of thioether (sulfide) groups is 1. The van der Waals surface area contributed by atoms with Crippen LogP contribution in [0.25, 0.3) is 11.0 Å². The predicted octanol–water partition coefficient (Wildman–Crippen LogP) is 2.93. The molecule has 8 heteroatoms. The highest BCUT2D eigenvalue weighted by molar-refractivity contribution is 7.99. The summed E-state index contributed by atoms with van der Waals surface area (Å²) in [4.78, 5) is 28.3. The Hall–Kier alpha value is -3.00. The van der Waals surface area contributed by atoms with Gasteiger partial charge in [0.25, 0.3) is 0 Å². The number of imide groups is 1. The Morgan fingerprint density at radius 1 is 1.27 bits per heavy atom. The number of nitrogens with zero attached hydrogens (tertiary/aromatic N) is 2. The molecule has 26 heavy (non-hydrogen) atoms. The van der Waals surface area contributed by atoms with Crippen molar-refractivity contribution in [3.63, 3.8) is 0 Å². The van der Waals surface area contributed by atoms with Crippen molar-refractivity contribution < 1.29 is 14.0 Å². The van der Waals surface area contributed by atoms with Gasteiger partial charge in [-0.1, -0.05) is 30.0 Å². The van der Waals surface area contributed by atoms with Crippen LogP contribution in [-0.2, 0) is 17.9 Å². The summed E-state index contributed by atoms with van der Waals surface area (Å²) in [5.41, 5.74) is 1.83. The number of benzene rings is 1. The number of imidazole rings is 1. The van der Waals surface area contributed by atoms with Gasteiger partial charge >= 0.3 is 6.03 Å². The lowest BCUT2D eigenvalue weighted by Crippen LogP contribution is -2.39. The molecule has 0 aliphatic heterocycles. The lowest BCUT2D eigenvalue weighted by atomic mass is 10.3. The van der Waals surface area contributed by atoms with Crippen LogP contribution in [0.2, 0.25) is 0 Å². The first-order valence-electron chi connectivity index (χ1n) is 7.96. The molecule has 7 nitrogen and oxygen atoms in total. The van der Waals surface area contributed by atoms with Crippen molar-refractivity contribution in [3.05, 3.63) is 61.1 Å². The maximum absolute atomic E-state index is 12.0. The van der Waals surface area contributed by atoms with Gasteiger partial charge in [0.1, 0.15) is 5.76 Å². The van der Waals surface area contributed by atoms with Crippen LogP contribution in [0.5, 0.6) is 0 Å². The van der Waals surface area contributed by atoms with E-state index < -0.39 is 11.9 Å². The number of hydrogen-bond donors (Lipinski definition) is 2. The largest absolute Gasteiger partial charge is 0.467 e. The van der Waals surface area contributed by atoms with Gasteiger partial charge in [-0.05, 0) is 24.3 Å². The van der Waals surface area contributed by atoms with Gasteiger partial charge in [0.2, 0.25) is 5.91 Å². The lowest BCUT2D eigenvalue weighted by molar-refractivity contribution is -0.117. The lowest BCUT2D eigenvalue weighted by Gasteiger charge is -2.07. The van der Waals surface area contributed by atoms with Gasteiger partial charge in [-0.15, -0.1) is 6.58 Å². The van der Waals surface area contributed by atoms with E-state index in [1.165, 1.54) is 18.0 Å². The van der Waals surface area contributed by atoms with Gasteiger partial charge in [-0.25, -0.2) is 9.78 Å². The summed E-state index contributed by atoms with van der Waals surface area (Å²) in [6.45, 7) is 4.57. The maximum atomic E-state index is 12.0. The van der Waals surface area contributed by atoms with Gasteiger partial charge in [-0.2, -0.15) is 0 Å². The number of fused-ring (bicyclic) bond motifs is 1. The summed E-state index contributed by atoms with van der Waals surface area (Å²) < 4.78 is 7.09. The number of urea groups is 1. The van der Waals surface area contributed by atoms with Crippen LogP contribution in [0.4, 0.5) is 4.79 Å². The second kappa shape index (κ2) is 8.39. The van der Waals surface area contributed by atoms with E-state index in [2.05, 4.69) is 22.2 Å². The van der Waals surface area contributed by atoms with Gasteiger partial charge in [-0.3, -0.25) is 10.1 Å². The molecule has 0 aliphatic rings. The van der Waals surface area contributed by atoms with Crippen molar-refractivity contribution in [1.29, 1.82) is 0 Å². The zero-order valence-corrected chi connectivity index (χ0v) is 14.8. The average molecular weight is 370 g/mol. The number of carbonyl (C=O) groups excluding carboxylic acids is 2. The van der Waals surface area contributed by atoms with Crippen molar-refractivity contribution >= 4 is 34.7 Å². The molecule has 134 valence electrons. The molecule has 0 saturated carbocycles. The van der Waals surface area contributed by atoms with Crippen molar-refractivity contribution in [3.8, 4) is 0 Å². The molecule has 0 saturated heterocycles. The third-order valence-corrected chi connectivity index (χ3v) is 4.50. The maximum Gasteiger partial charge on any atom is 0.321 e. The smallest absolute Gasteiger partial charge is 0.321 e. The summed E-state index contributed by atoms with van der Waals surface area (Å²) in [7, 11) is 0. The van der Waals surface area contributed by atoms with E-state index in [4.69, 9.17) is 4.42 Å². The molecular weight excluding hydrogens is 352 g/mol. The third-order valence-electron chi connectivity index (χ3n) is 3.52. The molecule has 2 aromatic heterocycles. The van der Waals surface area contributed by atoms with Crippen molar-refractivity contribution in [1.82, 2.24) is 20.2 Å². The SMILES string of the molecule is C=CCn1c(SCC(=O)NC(=O)NCc2ccco2)nc2ccccc21. The fraction of sp³-hybridized carbons (Fsp3) is 0.167. The Morgan fingerprint density at radius 2 is 2.12 bits per heavy atom. The first kappa shape index (κ1) is 17.8.